The minimum absolute atomic E-state index is 0.222. The molecule has 0 bridgehead atoms. The van der Waals surface area contributed by atoms with Gasteiger partial charge in [0.05, 0.1) is 0 Å². The average Bonchev–Trinajstić information content (AvgIpc) is 2.37. The van der Waals surface area contributed by atoms with Gasteiger partial charge in [-0.1, -0.05) is 56.8 Å². The summed E-state index contributed by atoms with van der Waals surface area (Å²) in [6.45, 7) is 10.8. The van der Waals surface area contributed by atoms with Crippen molar-refractivity contribution in [3.63, 3.8) is 0 Å². The molecule has 0 unspecified atom stereocenters. The predicted octanol–water partition coefficient (Wildman–Crippen LogP) is 4.73. The first kappa shape index (κ1) is 16.0. The Morgan fingerprint density at radius 3 is 2.05 bits per heavy atom. The Bertz CT molecular complexity index is 577. The monoisotopic (exact) mass is 300 g/mol. The van der Waals surface area contributed by atoms with Gasteiger partial charge < -0.3 is 0 Å². The van der Waals surface area contributed by atoms with Crippen LogP contribution in [0.3, 0.4) is 0 Å². The van der Waals surface area contributed by atoms with Crippen molar-refractivity contribution in [3.05, 3.63) is 52.8 Å². The molecular formula is C18H24N2S. The first-order valence-corrected chi connectivity index (χ1v) is 8.38. The van der Waals surface area contributed by atoms with Crippen LogP contribution in [0.2, 0.25) is 0 Å². The van der Waals surface area contributed by atoms with E-state index in [4.69, 9.17) is 0 Å². The molecule has 3 heteroatoms. The number of hydrogen-bond acceptors (Lipinski definition) is 3. The van der Waals surface area contributed by atoms with E-state index >= 15 is 0 Å². The predicted molar refractivity (Wildman–Crippen MR) is 91.1 cm³/mol. The molecule has 0 atom stereocenters. The van der Waals surface area contributed by atoms with E-state index in [9.17, 15) is 0 Å². The highest BCUT2D eigenvalue weighted by molar-refractivity contribution is 7.99. The van der Waals surface area contributed by atoms with Crippen LogP contribution in [-0.4, -0.2) is 15.7 Å². The summed E-state index contributed by atoms with van der Waals surface area (Å²) in [6.07, 6.45) is 1.05. The number of nitrogens with zero attached hydrogens (tertiary/aromatic N) is 2. The fourth-order valence-electron chi connectivity index (χ4n) is 2.19. The average molecular weight is 300 g/mol. The van der Waals surface area contributed by atoms with Crippen molar-refractivity contribution in [2.24, 2.45) is 0 Å². The minimum Gasteiger partial charge on any atom is -0.228 e. The van der Waals surface area contributed by atoms with Crippen LogP contribution in [0.4, 0.5) is 0 Å². The van der Waals surface area contributed by atoms with Crippen LogP contribution in [-0.2, 0) is 11.8 Å². The number of aryl methyl sites for hydroxylation is 3. The summed E-state index contributed by atoms with van der Waals surface area (Å²) < 4.78 is 0. The van der Waals surface area contributed by atoms with Gasteiger partial charge in [0.1, 0.15) is 0 Å². The van der Waals surface area contributed by atoms with E-state index in [1.807, 2.05) is 19.9 Å². The van der Waals surface area contributed by atoms with Gasteiger partial charge in [-0.3, -0.25) is 0 Å². The number of rotatable bonds is 4. The van der Waals surface area contributed by atoms with Crippen molar-refractivity contribution >= 4 is 11.8 Å². The first-order chi connectivity index (χ1) is 9.84. The van der Waals surface area contributed by atoms with E-state index in [1.165, 1.54) is 11.1 Å². The molecule has 112 valence electrons. The molecule has 2 nitrogen and oxygen atoms in total. The fraction of sp³-hybridized carbons (Fsp3) is 0.444. The van der Waals surface area contributed by atoms with Crippen LogP contribution < -0.4 is 0 Å². The normalized spacial score (nSPS) is 11.7. The van der Waals surface area contributed by atoms with E-state index in [0.29, 0.717) is 0 Å². The van der Waals surface area contributed by atoms with Gasteiger partial charge in [0.25, 0.3) is 0 Å². The molecule has 0 saturated carbocycles. The molecule has 1 aromatic carbocycles. The van der Waals surface area contributed by atoms with Gasteiger partial charge in [0.15, 0.2) is 5.16 Å². The van der Waals surface area contributed by atoms with Gasteiger partial charge >= 0.3 is 0 Å². The molecular weight excluding hydrogens is 276 g/mol. The van der Waals surface area contributed by atoms with E-state index in [-0.39, 0.29) is 5.41 Å². The molecule has 0 spiro atoms. The lowest BCUT2D eigenvalue weighted by Crippen LogP contribution is -2.10. The Balaban J connectivity index is 1.91. The van der Waals surface area contributed by atoms with Crippen LogP contribution in [0.5, 0.6) is 0 Å². The van der Waals surface area contributed by atoms with E-state index < -0.39 is 0 Å². The Kier molecular flexibility index (Phi) is 5.04. The third-order valence-corrected chi connectivity index (χ3v) is 4.25. The van der Waals surface area contributed by atoms with Crippen LogP contribution >= 0.6 is 11.8 Å². The highest BCUT2D eigenvalue weighted by atomic mass is 32.2. The summed E-state index contributed by atoms with van der Waals surface area (Å²) in [5.41, 5.74) is 5.07. The smallest absolute Gasteiger partial charge is 0.187 e. The topological polar surface area (TPSA) is 25.8 Å². The summed E-state index contributed by atoms with van der Waals surface area (Å²) in [6, 6.07) is 11.0. The molecule has 0 saturated heterocycles. The van der Waals surface area contributed by atoms with Crippen LogP contribution in [0.1, 0.15) is 43.3 Å². The summed E-state index contributed by atoms with van der Waals surface area (Å²) in [4.78, 5) is 8.93. The molecule has 0 aliphatic heterocycles. The van der Waals surface area contributed by atoms with Crippen LogP contribution in [0.15, 0.2) is 35.5 Å². The molecule has 0 fully saturated rings. The van der Waals surface area contributed by atoms with Crippen molar-refractivity contribution in [2.45, 2.75) is 51.6 Å². The SMILES string of the molecule is Cc1cc(C)nc(SCCc2ccc(C(C)(C)C)cc2)n1. The Morgan fingerprint density at radius 2 is 1.52 bits per heavy atom. The largest absolute Gasteiger partial charge is 0.228 e. The highest BCUT2D eigenvalue weighted by Crippen LogP contribution is 2.23. The molecule has 2 aromatic rings. The van der Waals surface area contributed by atoms with Crippen molar-refractivity contribution in [3.8, 4) is 0 Å². The zero-order valence-corrected chi connectivity index (χ0v) is 14.4. The molecule has 0 N–H and O–H groups in total. The summed E-state index contributed by atoms with van der Waals surface area (Å²) in [7, 11) is 0. The second-order valence-corrected chi connectivity index (χ2v) is 7.54. The molecule has 1 aromatic heterocycles. The summed E-state index contributed by atoms with van der Waals surface area (Å²) >= 11 is 1.73. The van der Waals surface area contributed by atoms with Gasteiger partial charge in [0, 0.05) is 17.1 Å². The molecule has 0 aliphatic rings. The van der Waals surface area contributed by atoms with Crippen LogP contribution in [0.25, 0.3) is 0 Å². The Morgan fingerprint density at radius 1 is 0.952 bits per heavy atom. The maximum Gasteiger partial charge on any atom is 0.187 e. The number of hydrogen-bond donors (Lipinski definition) is 0. The lowest BCUT2D eigenvalue weighted by Gasteiger charge is -2.19. The minimum atomic E-state index is 0.222. The van der Waals surface area contributed by atoms with Crippen molar-refractivity contribution in [1.29, 1.82) is 0 Å². The lowest BCUT2D eigenvalue weighted by atomic mass is 9.86. The summed E-state index contributed by atoms with van der Waals surface area (Å²) in [5, 5.41) is 0.888. The van der Waals surface area contributed by atoms with Gasteiger partial charge in [-0.25, -0.2) is 9.97 Å². The zero-order chi connectivity index (χ0) is 15.5. The number of benzene rings is 1. The second-order valence-electron chi connectivity index (χ2n) is 6.48. The molecule has 0 amide bonds. The molecule has 0 radical (unpaired) electrons. The highest BCUT2D eigenvalue weighted by Gasteiger charge is 2.12. The summed E-state index contributed by atoms with van der Waals surface area (Å²) in [5.74, 6) is 1.01. The van der Waals surface area contributed by atoms with Gasteiger partial charge in [-0.15, -0.1) is 0 Å². The van der Waals surface area contributed by atoms with E-state index in [2.05, 4.69) is 55.0 Å². The molecule has 21 heavy (non-hydrogen) atoms. The van der Waals surface area contributed by atoms with Crippen molar-refractivity contribution in [1.82, 2.24) is 9.97 Å². The number of thioether (sulfide) groups is 1. The Hall–Kier alpha value is -1.35. The number of aromatic nitrogens is 2. The second kappa shape index (κ2) is 6.61. The van der Waals surface area contributed by atoms with E-state index in [1.54, 1.807) is 11.8 Å². The quantitative estimate of drug-likeness (QED) is 0.603. The van der Waals surface area contributed by atoms with Gasteiger partial charge in [0.2, 0.25) is 0 Å². The maximum absolute atomic E-state index is 4.46. The molecule has 2 rings (SSSR count). The van der Waals surface area contributed by atoms with Gasteiger partial charge in [-0.05, 0) is 42.9 Å². The van der Waals surface area contributed by atoms with Crippen LogP contribution in [0, 0.1) is 13.8 Å². The van der Waals surface area contributed by atoms with E-state index in [0.717, 1.165) is 28.7 Å². The molecule has 0 aliphatic carbocycles. The maximum atomic E-state index is 4.46. The molecule has 1 heterocycles. The lowest BCUT2D eigenvalue weighted by molar-refractivity contribution is 0.590. The standard InChI is InChI=1S/C18H24N2S/c1-13-12-14(2)20-17(19-13)21-11-10-15-6-8-16(9-7-15)18(3,4)5/h6-9,12H,10-11H2,1-5H3. The Labute approximate surface area is 132 Å². The fourth-order valence-corrected chi connectivity index (χ4v) is 3.13. The van der Waals surface area contributed by atoms with Gasteiger partial charge in [-0.2, -0.15) is 0 Å². The third-order valence-electron chi connectivity index (χ3n) is 3.40. The zero-order valence-electron chi connectivity index (χ0n) is 13.6. The van der Waals surface area contributed by atoms with Crippen molar-refractivity contribution in [2.75, 3.05) is 5.75 Å². The first-order valence-electron chi connectivity index (χ1n) is 7.39. The third kappa shape index (κ3) is 4.85. The van der Waals surface area contributed by atoms with Crippen molar-refractivity contribution < 1.29 is 0 Å².